The van der Waals surface area contributed by atoms with Crippen molar-refractivity contribution in [2.45, 2.75) is 12.8 Å². The van der Waals surface area contributed by atoms with E-state index in [4.69, 9.17) is 28.3 Å². The van der Waals surface area contributed by atoms with Gasteiger partial charge < -0.3 is 14.6 Å². The summed E-state index contributed by atoms with van der Waals surface area (Å²) < 4.78 is 2.06. The minimum Gasteiger partial charge on any atom is -0.481 e. The third-order valence-electron chi connectivity index (χ3n) is 5.88. The van der Waals surface area contributed by atoms with Crippen molar-refractivity contribution in [2.75, 3.05) is 13.1 Å². The number of carbonyl (C=O) groups excluding carboxylic acids is 1. The van der Waals surface area contributed by atoms with Gasteiger partial charge in [-0.2, -0.15) is 0 Å². The number of hydrogen-bond donors (Lipinski definition) is 1. The third kappa shape index (κ3) is 4.34. The standard InChI is InChI=1S/C24H22Cl2N2O3/c1-27-11-8-17-14-16(2-6-21(17)27)18-3-5-20(25)23(26)19(18)4-7-22(29)28-12-9-15(10-13-28)24(30)31/h2-8,11,14-15H,9-10,12-13H2,1H3,(H,30,31)/b7-4+. The molecule has 5 nitrogen and oxygen atoms in total. The summed E-state index contributed by atoms with van der Waals surface area (Å²) in [7, 11) is 2.00. The summed E-state index contributed by atoms with van der Waals surface area (Å²) in [5, 5.41) is 11.0. The Hall–Kier alpha value is -2.76. The summed E-state index contributed by atoms with van der Waals surface area (Å²) in [6, 6.07) is 11.9. The first-order chi connectivity index (χ1) is 14.8. The lowest BCUT2D eigenvalue weighted by molar-refractivity contribution is -0.144. The molecule has 1 saturated heterocycles. The number of carboxylic acids is 1. The van der Waals surface area contributed by atoms with Crippen LogP contribution < -0.4 is 0 Å². The van der Waals surface area contributed by atoms with Crippen LogP contribution in [0.1, 0.15) is 18.4 Å². The highest BCUT2D eigenvalue weighted by atomic mass is 35.5. The fourth-order valence-corrected chi connectivity index (χ4v) is 4.43. The van der Waals surface area contributed by atoms with Crippen molar-refractivity contribution < 1.29 is 14.7 Å². The van der Waals surface area contributed by atoms with E-state index in [9.17, 15) is 9.59 Å². The number of fused-ring (bicyclic) bond motifs is 1. The SMILES string of the molecule is Cn1ccc2cc(-c3ccc(Cl)c(Cl)c3/C=C/C(=O)N3CCC(C(=O)O)CC3)ccc21. The second-order valence-electron chi connectivity index (χ2n) is 7.79. The molecule has 160 valence electrons. The quantitative estimate of drug-likeness (QED) is 0.527. The van der Waals surface area contributed by atoms with Crippen molar-refractivity contribution in [1.29, 1.82) is 0 Å². The number of rotatable bonds is 4. The number of hydrogen-bond acceptors (Lipinski definition) is 2. The molecule has 0 unspecified atom stereocenters. The topological polar surface area (TPSA) is 62.5 Å². The van der Waals surface area contributed by atoms with Crippen LogP contribution in [0.4, 0.5) is 0 Å². The first kappa shape index (κ1) is 21.5. The summed E-state index contributed by atoms with van der Waals surface area (Å²) in [4.78, 5) is 25.5. The number of piperidine rings is 1. The Bertz CT molecular complexity index is 1190. The molecule has 31 heavy (non-hydrogen) atoms. The van der Waals surface area contributed by atoms with Gasteiger partial charge in [0.05, 0.1) is 16.0 Å². The fourth-order valence-electron chi connectivity index (χ4n) is 4.04. The fraction of sp³-hybridized carbons (Fsp3) is 0.250. The number of aryl methyl sites for hydroxylation is 1. The zero-order valence-electron chi connectivity index (χ0n) is 17.0. The zero-order chi connectivity index (χ0) is 22.1. The van der Waals surface area contributed by atoms with Gasteiger partial charge in [-0.25, -0.2) is 0 Å². The molecular weight excluding hydrogens is 435 g/mol. The zero-order valence-corrected chi connectivity index (χ0v) is 18.5. The van der Waals surface area contributed by atoms with Crippen LogP contribution >= 0.6 is 23.2 Å². The van der Waals surface area contributed by atoms with E-state index in [1.54, 1.807) is 17.0 Å². The van der Waals surface area contributed by atoms with E-state index in [1.165, 1.54) is 6.08 Å². The van der Waals surface area contributed by atoms with Crippen LogP contribution in [-0.2, 0) is 16.6 Å². The van der Waals surface area contributed by atoms with E-state index < -0.39 is 5.97 Å². The molecule has 3 aromatic rings. The molecule has 1 aliphatic rings. The summed E-state index contributed by atoms with van der Waals surface area (Å²) in [5.74, 6) is -1.34. The molecule has 1 aromatic heterocycles. The van der Waals surface area contributed by atoms with Crippen molar-refractivity contribution >= 4 is 52.1 Å². The maximum absolute atomic E-state index is 12.7. The summed E-state index contributed by atoms with van der Waals surface area (Å²) in [6.45, 7) is 0.863. The van der Waals surface area contributed by atoms with Gasteiger partial charge in [0.25, 0.3) is 0 Å². The van der Waals surface area contributed by atoms with E-state index in [0.29, 0.717) is 41.5 Å². The second-order valence-corrected chi connectivity index (χ2v) is 8.58. The molecule has 4 rings (SSSR count). The predicted molar refractivity (Wildman–Crippen MR) is 124 cm³/mol. The monoisotopic (exact) mass is 456 g/mol. The molecule has 0 atom stereocenters. The molecule has 0 radical (unpaired) electrons. The highest BCUT2D eigenvalue weighted by Crippen LogP contribution is 2.36. The average Bonchev–Trinajstić information content (AvgIpc) is 3.14. The lowest BCUT2D eigenvalue weighted by Gasteiger charge is -2.29. The number of carboxylic acid groups (broad SMARTS) is 1. The van der Waals surface area contributed by atoms with Crippen molar-refractivity contribution in [1.82, 2.24) is 9.47 Å². The lowest BCUT2D eigenvalue weighted by Crippen LogP contribution is -2.39. The van der Waals surface area contributed by atoms with Gasteiger partial charge in [-0.1, -0.05) is 35.3 Å². The number of likely N-dealkylation sites (tertiary alicyclic amines) is 1. The van der Waals surface area contributed by atoms with Crippen LogP contribution in [0.25, 0.3) is 28.1 Å². The number of aromatic nitrogens is 1. The summed E-state index contributed by atoms with van der Waals surface area (Å²) in [6.07, 6.45) is 6.13. The molecular formula is C24H22Cl2N2O3. The molecule has 1 amide bonds. The second kappa shape index (κ2) is 8.77. The van der Waals surface area contributed by atoms with Gasteiger partial charge in [0, 0.05) is 48.9 Å². The molecule has 2 heterocycles. The Morgan fingerprint density at radius 2 is 1.84 bits per heavy atom. The lowest BCUT2D eigenvalue weighted by atomic mass is 9.96. The number of halogens is 2. The summed E-state index contributed by atoms with van der Waals surface area (Å²) in [5.41, 5.74) is 3.67. The Kier molecular flexibility index (Phi) is 6.08. The van der Waals surface area contributed by atoms with E-state index in [2.05, 4.69) is 22.8 Å². The molecule has 1 aliphatic heterocycles. The van der Waals surface area contributed by atoms with Crippen molar-refractivity contribution in [3.05, 3.63) is 64.3 Å². The molecule has 7 heteroatoms. The van der Waals surface area contributed by atoms with Gasteiger partial charge in [0.1, 0.15) is 0 Å². The third-order valence-corrected chi connectivity index (χ3v) is 6.70. The molecule has 0 bridgehead atoms. The van der Waals surface area contributed by atoms with Crippen molar-refractivity contribution in [3.8, 4) is 11.1 Å². The molecule has 1 N–H and O–H groups in total. The van der Waals surface area contributed by atoms with Gasteiger partial charge >= 0.3 is 5.97 Å². The highest BCUT2D eigenvalue weighted by molar-refractivity contribution is 6.43. The van der Waals surface area contributed by atoms with E-state index in [-0.39, 0.29) is 11.8 Å². The predicted octanol–water partition coefficient (Wildman–Crippen LogP) is 5.49. The van der Waals surface area contributed by atoms with Crippen LogP contribution in [0.3, 0.4) is 0 Å². The smallest absolute Gasteiger partial charge is 0.306 e. The maximum Gasteiger partial charge on any atom is 0.306 e. The highest BCUT2D eigenvalue weighted by Gasteiger charge is 2.26. The molecule has 0 saturated carbocycles. The molecule has 2 aromatic carbocycles. The number of benzene rings is 2. The first-order valence-corrected chi connectivity index (χ1v) is 10.8. The van der Waals surface area contributed by atoms with Crippen LogP contribution in [0, 0.1) is 5.92 Å². The van der Waals surface area contributed by atoms with E-state index >= 15 is 0 Å². The van der Waals surface area contributed by atoms with Crippen LogP contribution in [0.15, 0.2) is 48.7 Å². The van der Waals surface area contributed by atoms with Crippen LogP contribution in [0.5, 0.6) is 0 Å². The number of aliphatic carboxylic acids is 1. The van der Waals surface area contributed by atoms with E-state index in [0.717, 1.165) is 22.0 Å². The molecule has 1 fully saturated rings. The Balaban J connectivity index is 1.62. The van der Waals surface area contributed by atoms with Crippen molar-refractivity contribution in [2.24, 2.45) is 13.0 Å². The minimum atomic E-state index is -0.798. The van der Waals surface area contributed by atoms with E-state index in [1.807, 2.05) is 25.4 Å². The Morgan fingerprint density at radius 3 is 2.55 bits per heavy atom. The van der Waals surface area contributed by atoms with Gasteiger partial charge in [-0.05, 0) is 54.3 Å². The Labute approximate surface area is 190 Å². The molecule has 0 spiro atoms. The maximum atomic E-state index is 12.7. The number of amides is 1. The first-order valence-electron chi connectivity index (χ1n) is 10.1. The summed E-state index contributed by atoms with van der Waals surface area (Å²) >= 11 is 12.8. The number of carbonyl (C=O) groups is 2. The van der Waals surface area contributed by atoms with Crippen LogP contribution in [0.2, 0.25) is 10.0 Å². The van der Waals surface area contributed by atoms with Gasteiger partial charge in [0.15, 0.2) is 0 Å². The van der Waals surface area contributed by atoms with Gasteiger partial charge in [-0.15, -0.1) is 0 Å². The normalized spacial score (nSPS) is 15.1. The number of nitrogens with zero attached hydrogens (tertiary/aromatic N) is 2. The van der Waals surface area contributed by atoms with Crippen LogP contribution in [-0.4, -0.2) is 39.5 Å². The molecule has 0 aliphatic carbocycles. The Morgan fingerprint density at radius 1 is 1.10 bits per heavy atom. The van der Waals surface area contributed by atoms with Gasteiger partial charge in [0.2, 0.25) is 5.91 Å². The largest absolute Gasteiger partial charge is 0.481 e. The van der Waals surface area contributed by atoms with Crippen molar-refractivity contribution in [3.63, 3.8) is 0 Å². The minimum absolute atomic E-state index is 0.163. The van der Waals surface area contributed by atoms with Gasteiger partial charge in [-0.3, -0.25) is 9.59 Å². The average molecular weight is 457 g/mol.